The number of thiazole rings is 1. The summed E-state index contributed by atoms with van der Waals surface area (Å²) in [5.41, 5.74) is 1.23. The van der Waals surface area contributed by atoms with Crippen molar-refractivity contribution in [2.24, 2.45) is 10.9 Å². The molecule has 2 heterocycles. The second kappa shape index (κ2) is 14.5. The van der Waals surface area contributed by atoms with Crippen LogP contribution in [0.15, 0.2) is 10.4 Å². The Morgan fingerprint density at radius 3 is 2.70 bits per heavy atom. The zero-order valence-corrected chi connectivity index (χ0v) is 20.1. The molecule has 1 aromatic heterocycles. The lowest BCUT2D eigenvalue weighted by Gasteiger charge is -2.30. The van der Waals surface area contributed by atoms with Crippen LogP contribution in [-0.4, -0.2) is 61.8 Å². The lowest BCUT2D eigenvalue weighted by molar-refractivity contribution is 0.152. The molecule has 0 spiro atoms. The maximum absolute atomic E-state index is 5.37. The highest BCUT2D eigenvalue weighted by Gasteiger charge is 2.19. The normalized spacial score (nSPS) is 16.2. The first-order chi connectivity index (χ1) is 12.7. The van der Waals surface area contributed by atoms with Crippen molar-refractivity contribution >= 4 is 41.3 Å². The van der Waals surface area contributed by atoms with Gasteiger partial charge in [-0.05, 0) is 52.1 Å². The third kappa shape index (κ3) is 9.54. The minimum atomic E-state index is 0. The van der Waals surface area contributed by atoms with E-state index in [1.165, 1.54) is 23.5 Å². The molecular formula is C19H36IN5OS. The number of likely N-dealkylation sites (tertiary alicyclic amines) is 1. The summed E-state index contributed by atoms with van der Waals surface area (Å²) in [6.07, 6.45) is 3.47. The second-order valence-corrected chi connectivity index (χ2v) is 7.59. The van der Waals surface area contributed by atoms with Crippen LogP contribution in [0.2, 0.25) is 0 Å². The van der Waals surface area contributed by atoms with Crippen molar-refractivity contribution < 1.29 is 4.74 Å². The maximum atomic E-state index is 5.37. The van der Waals surface area contributed by atoms with Gasteiger partial charge in [-0.15, -0.1) is 35.3 Å². The van der Waals surface area contributed by atoms with Crippen molar-refractivity contribution in [1.29, 1.82) is 0 Å². The summed E-state index contributed by atoms with van der Waals surface area (Å²) in [6.45, 7) is 13.6. The number of nitrogens with one attached hydrogen (secondary N) is 2. The molecule has 0 amide bonds. The standard InChI is InChI=1S/C19H35N5OS.HI/c1-4-18-23-17(15-26-18)14-24-10-7-16(8-11-24)13-22-19(20-5-2)21-9-12-25-6-3;/h15-16H,4-14H2,1-3H3,(H2,20,21,22);1H. The molecular weight excluding hydrogens is 473 g/mol. The van der Waals surface area contributed by atoms with Crippen molar-refractivity contribution in [2.75, 3.05) is 45.9 Å². The number of hydrogen-bond acceptors (Lipinski definition) is 5. The fourth-order valence-corrected chi connectivity index (χ4v) is 3.82. The van der Waals surface area contributed by atoms with E-state index in [1.807, 2.05) is 6.92 Å². The molecule has 1 aliphatic rings. The average molecular weight is 510 g/mol. The highest BCUT2D eigenvalue weighted by molar-refractivity contribution is 14.0. The van der Waals surface area contributed by atoms with E-state index in [4.69, 9.17) is 14.7 Å². The highest BCUT2D eigenvalue weighted by Crippen LogP contribution is 2.20. The summed E-state index contributed by atoms with van der Waals surface area (Å²) >= 11 is 1.79. The molecule has 0 atom stereocenters. The van der Waals surface area contributed by atoms with Gasteiger partial charge in [0, 0.05) is 38.2 Å². The molecule has 1 fully saturated rings. The molecule has 0 saturated carbocycles. The maximum Gasteiger partial charge on any atom is 0.191 e. The summed E-state index contributed by atoms with van der Waals surface area (Å²) in [5, 5.41) is 10.1. The minimum Gasteiger partial charge on any atom is -0.380 e. The van der Waals surface area contributed by atoms with Crippen LogP contribution in [0.1, 0.15) is 44.3 Å². The Bertz CT molecular complexity index is 532. The van der Waals surface area contributed by atoms with Crippen LogP contribution in [0, 0.1) is 5.92 Å². The van der Waals surface area contributed by atoms with E-state index in [-0.39, 0.29) is 24.0 Å². The number of guanidine groups is 1. The zero-order valence-electron chi connectivity index (χ0n) is 17.0. The number of halogens is 1. The molecule has 0 aliphatic carbocycles. The van der Waals surface area contributed by atoms with Gasteiger partial charge in [0.2, 0.25) is 0 Å². The molecule has 156 valence electrons. The Labute approximate surface area is 185 Å². The van der Waals surface area contributed by atoms with Gasteiger partial charge in [-0.25, -0.2) is 4.98 Å². The van der Waals surface area contributed by atoms with Crippen LogP contribution in [0.4, 0.5) is 0 Å². The summed E-state index contributed by atoms with van der Waals surface area (Å²) in [6, 6.07) is 0. The van der Waals surface area contributed by atoms with Gasteiger partial charge in [0.1, 0.15) is 0 Å². The Hall–Kier alpha value is -0.450. The molecule has 0 aromatic carbocycles. The van der Waals surface area contributed by atoms with Crippen LogP contribution < -0.4 is 10.6 Å². The number of aliphatic imine (C=N–C) groups is 1. The highest BCUT2D eigenvalue weighted by atomic mass is 127. The van der Waals surface area contributed by atoms with E-state index in [0.29, 0.717) is 5.92 Å². The fourth-order valence-electron chi connectivity index (χ4n) is 3.09. The number of nitrogens with zero attached hydrogens (tertiary/aromatic N) is 3. The molecule has 1 aliphatic heterocycles. The number of rotatable bonds is 10. The van der Waals surface area contributed by atoms with Gasteiger partial charge in [0.15, 0.2) is 5.96 Å². The quantitative estimate of drug-likeness (QED) is 0.220. The first-order valence-corrected chi connectivity index (χ1v) is 10.9. The molecule has 0 radical (unpaired) electrons. The van der Waals surface area contributed by atoms with Crippen LogP contribution in [0.3, 0.4) is 0 Å². The van der Waals surface area contributed by atoms with Gasteiger partial charge in [0.25, 0.3) is 0 Å². The number of aromatic nitrogens is 1. The molecule has 27 heavy (non-hydrogen) atoms. The Balaban J connectivity index is 0.00000364. The lowest BCUT2D eigenvalue weighted by atomic mass is 9.97. The summed E-state index contributed by atoms with van der Waals surface area (Å²) in [4.78, 5) is 12.0. The molecule has 2 N–H and O–H groups in total. The smallest absolute Gasteiger partial charge is 0.191 e. The Morgan fingerprint density at radius 1 is 1.30 bits per heavy atom. The fraction of sp³-hybridized carbons (Fsp3) is 0.789. The van der Waals surface area contributed by atoms with Crippen molar-refractivity contribution in [2.45, 2.75) is 46.6 Å². The molecule has 8 heteroatoms. The first-order valence-electron chi connectivity index (χ1n) is 10.0. The predicted octanol–water partition coefficient (Wildman–Crippen LogP) is 3.13. The van der Waals surface area contributed by atoms with Gasteiger partial charge in [-0.3, -0.25) is 9.89 Å². The summed E-state index contributed by atoms with van der Waals surface area (Å²) in [7, 11) is 0. The van der Waals surface area contributed by atoms with E-state index >= 15 is 0 Å². The number of aryl methyl sites for hydroxylation is 1. The predicted molar refractivity (Wildman–Crippen MR) is 125 cm³/mol. The molecule has 1 aromatic rings. The van der Waals surface area contributed by atoms with Gasteiger partial charge < -0.3 is 15.4 Å². The molecule has 0 bridgehead atoms. The van der Waals surface area contributed by atoms with E-state index in [0.717, 1.165) is 64.9 Å². The zero-order chi connectivity index (χ0) is 18.6. The van der Waals surface area contributed by atoms with E-state index in [2.05, 4.69) is 34.8 Å². The molecule has 0 unspecified atom stereocenters. The number of hydrogen-bond donors (Lipinski definition) is 2. The summed E-state index contributed by atoms with van der Waals surface area (Å²) < 4.78 is 5.37. The largest absolute Gasteiger partial charge is 0.380 e. The van der Waals surface area contributed by atoms with Crippen molar-refractivity contribution in [1.82, 2.24) is 20.5 Å². The van der Waals surface area contributed by atoms with E-state index < -0.39 is 0 Å². The Kier molecular flexibility index (Phi) is 13.2. The van der Waals surface area contributed by atoms with Crippen LogP contribution in [0.5, 0.6) is 0 Å². The number of piperidine rings is 1. The van der Waals surface area contributed by atoms with E-state index in [1.54, 1.807) is 11.3 Å². The third-order valence-electron chi connectivity index (χ3n) is 4.59. The topological polar surface area (TPSA) is 61.8 Å². The average Bonchev–Trinajstić information content (AvgIpc) is 3.12. The van der Waals surface area contributed by atoms with Crippen LogP contribution in [-0.2, 0) is 17.7 Å². The third-order valence-corrected chi connectivity index (χ3v) is 5.63. The molecule has 1 saturated heterocycles. The van der Waals surface area contributed by atoms with Gasteiger partial charge in [-0.1, -0.05) is 6.92 Å². The van der Waals surface area contributed by atoms with Crippen molar-refractivity contribution in [3.05, 3.63) is 16.1 Å². The van der Waals surface area contributed by atoms with Crippen LogP contribution >= 0.6 is 35.3 Å². The minimum absolute atomic E-state index is 0. The summed E-state index contributed by atoms with van der Waals surface area (Å²) in [5.74, 6) is 1.58. The van der Waals surface area contributed by atoms with E-state index in [9.17, 15) is 0 Å². The second-order valence-electron chi connectivity index (χ2n) is 6.65. The Morgan fingerprint density at radius 2 is 2.07 bits per heavy atom. The first kappa shape index (κ1) is 24.6. The monoisotopic (exact) mass is 509 g/mol. The van der Waals surface area contributed by atoms with Gasteiger partial charge in [0.05, 0.1) is 17.3 Å². The molecule has 2 rings (SSSR count). The lowest BCUT2D eigenvalue weighted by Crippen LogP contribution is -2.40. The SMILES string of the molecule is CCNC(=NCC1CCN(Cc2csc(CC)n2)CC1)NCCOCC.I. The molecule has 6 nitrogen and oxygen atoms in total. The van der Waals surface area contributed by atoms with Crippen molar-refractivity contribution in [3.63, 3.8) is 0 Å². The van der Waals surface area contributed by atoms with Gasteiger partial charge in [-0.2, -0.15) is 0 Å². The number of ether oxygens (including phenoxy) is 1. The van der Waals surface area contributed by atoms with Crippen LogP contribution in [0.25, 0.3) is 0 Å². The van der Waals surface area contributed by atoms with Crippen molar-refractivity contribution in [3.8, 4) is 0 Å². The van der Waals surface area contributed by atoms with Gasteiger partial charge >= 0.3 is 0 Å².